The second-order valence-electron chi connectivity index (χ2n) is 6.30. The molecular weight excluding hydrogens is 286 g/mol. The van der Waals surface area contributed by atoms with Crippen molar-refractivity contribution < 1.29 is 9.90 Å². The summed E-state index contributed by atoms with van der Waals surface area (Å²) in [5, 5.41) is 10.5. The zero-order valence-electron chi connectivity index (χ0n) is 12.6. The van der Waals surface area contributed by atoms with E-state index in [9.17, 15) is 9.90 Å². The van der Waals surface area contributed by atoms with Gasteiger partial charge in [0.15, 0.2) is 0 Å². The van der Waals surface area contributed by atoms with Crippen molar-refractivity contribution in [3.8, 4) is 0 Å². The second-order valence-corrected chi connectivity index (χ2v) is 6.74. The molecule has 0 amide bonds. The molecule has 1 aliphatic rings. The molecule has 1 saturated carbocycles. The van der Waals surface area contributed by atoms with Gasteiger partial charge >= 0.3 is 5.97 Å². The fraction of sp³-hybridized carbons (Fsp3) is 0.588. The fourth-order valence-electron chi connectivity index (χ4n) is 3.36. The second kappa shape index (κ2) is 7.28. The van der Waals surface area contributed by atoms with E-state index in [1.165, 1.54) is 0 Å². The Morgan fingerprint density at radius 1 is 1.29 bits per heavy atom. The number of carbonyl (C=O) groups is 1. The van der Waals surface area contributed by atoms with Gasteiger partial charge < -0.3 is 10.0 Å². The van der Waals surface area contributed by atoms with Gasteiger partial charge in [0, 0.05) is 18.1 Å². The molecule has 0 unspecified atom stereocenters. The van der Waals surface area contributed by atoms with E-state index >= 15 is 0 Å². The van der Waals surface area contributed by atoms with Gasteiger partial charge in [-0.25, -0.2) is 0 Å². The lowest BCUT2D eigenvalue weighted by Crippen LogP contribution is -2.41. The Morgan fingerprint density at radius 3 is 2.52 bits per heavy atom. The molecule has 1 N–H and O–H groups in total. The summed E-state index contributed by atoms with van der Waals surface area (Å²) >= 11 is 6.01. The predicted molar refractivity (Wildman–Crippen MR) is 85.6 cm³/mol. The maximum absolute atomic E-state index is 11.8. The van der Waals surface area contributed by atoms with Gasteiger partial charge in [0.25, 0.3) is 0 Å². The summed E-state index contributed by atoms with van der Waals surface area (Å²) in [6.07, 6.45) is 5.96. The van der Waals surface area contributed by atoms with Gasteiger partial charge in [0.1, 0.15) is 0 Å². The summed E-state index contributed by atoms with van der Waals surface area (Å²) < 4.78 is 0. The van der Waals surface area contributed by atoms with Crippen molar-refractivity contribution in [1.29, 1.82) is 0 Å². The van der Waals surface area contributed by atoms with Gasteiger partial charge in [-0.05, 0) is 37.6 Å². The first-order valence-corrected chi connectivity index (χ1v) is 8.06. The topological polar surface area (TPSA) is 40.5 Å². The molecule has 1 fully saturated rings. The number of carboxylic acid groups (broad SMARTS) is 1. The van der Waals surface area contributed by atoms with E-state index in [4.69, 9.17) is 11.6 Å². The Kier molecular flexibility index (Phi) is 5.65. The molecule has 1 aromatic rings. The quantitative estimate of drug-likeness (QED) is 0.829. The van der Waals surface area contributed by atoms with Crippen LogP contribution in [0.3, 0.4) is 0 Å². The molecule has 0 bridgehead atoms. The van der Waals surface area contributed by atoms with E-state index < -0.39 is 11.4 Å². The van der Waals surface area contributed by atoms with Crippen LogP contribution in [0.15, 0.2) is 24.3 Å². The van der Waals surface area contributed by atoms with E-state index in [1.54, 1.807) is 0 Å². The molecule has 0 aliphatic heterocycles. The van der Waals surface area contributed by atoms with Crippen LogP contribution >= 0.6 is 11.6 Å². The summed E-state index contributed by atoms with van der Waals surface area (Å²) in [5.74, 6) is -0.637. The molecule has 3 nitrogen and oxygen atoms in total. The molecule has 21 heavy (non-hydrogen) atoms. The molecule has 0 radical (unpaired) electrons. The molecule has 4 heteroatoms. The van der Waals surface area contributed by atoms with E-state index in [0.29, 0.717) is 6.54 Å². The first kappa shape index (κ1) is 16.3. The maximum atomic E-state index is 11.8. The van der Waals surface area contributed by atoms with Crippen LogP contribution in [0, 0.1) is 5.41 Å². The lowest BCUT2D eigenvalue weighted by molar-refractivity contribution is -0.151. The number of rotatable bonds is 5. The zero-order chi connectivity index (χ0) is 15.3. The first-order valence-electron chi connectivity index (χ1n) is 7.68. The highest BCUT2D eigenvalue weighted by molar-refractivity contribution is 6.30. The Morgan fingerprint density at radius 2 is 1.95 bits per heavy atom. The molecule has 0 aromatic heterocycles. The number of hydrogen-bond acceptors (Lipinski definition) is 2. The predicted octanol–water partition coefficient (Wildman–Crippen LogP) is 4.20. The molecule has 0 spiro atoms. The van der Waals surface area contributed by atoms with Gasteiger partial charge in [0.2, 0.25) is 0 Å². The Labute approximate surface area is 131 Å². The normalized spacial score (nSPS) is 18.4. The number of benzene rings is 1. The van der Waals surface area contributed by atoms with Crippen LogP contribution in [0.5, 0.6) is 0 Å². The van der Waals surface area contributed by atoms with Crippen LogP contribution in [0.25, 0.3) is 0 Å². The van der Waals surface area contributed by atoms with Crippen molar-refractivity contribution in [2.24, 2.45) is 5.41 Å². The third kappa shape index (κ3) is 4.45. The average molecular weight is 310 g/mol. The molecular formula is C17H24ClNO2. The van der Waals surface area contributed by atoms with E-state index in [-0.39, 0.29) is 0 Å². The molecule has 0 atom stereocenters. The number of hydrogen-bond donors (Lipinski definition) is 1. The first-order chi connectivity index (χ1) is 10.0. The summed E-state index contributed by atoms with van der Waals surface area (Å²) in [6, 6.07) is 7.76. The van der Waals surface area contributed by atoms with Gasteiger partial charge in [-0.2, -0.15) is 0 Å². The van der Waals surface area contributed by atoms with Gasteiger partial charge in [-0.15, -0.1) is 0 Å². The molecule has 116 valence electrons. The van der Waals surface area contributed by atoms with Crippen LogP contribution in [-0.2, 0) is 11.3 Å². The lowest BCUT2D eigenvalue weighted by Gasteiger charge is -2.32. The van der Waals surface area contributed by atoms with Crippen LogP contribution < -0.4 is 0 Å². The van der Waals surface area contributed by atoms with Crippen LogP contribution in [0.2, 0.25) is 5.02 Å². The van der Waals surface area contributed by atoms with E-state index in [2.05, 4.69) is 4.90 Å². The summed E-state index contributed by atoms with van der Waals surface area (Å²) in [4.78, 5) is 13.9. The van der Waals surface area contributed by atoms with E-state index in [0.717, 1.165) is 55.7 Å². The number of carboxylic acids is 1. The van der Waals surface area contributed by atoms with Crippen molar-refractivity contribution in [3.05, 3.63) is 34.9 Å². The standard InChI is InChI=1S/C17H24ClNO2/c1-19(12-14-7-6-8-15(18)11-14)13-17(16(20)21)9-4-2-3-5-10-17/h6-8,11H,2-5,9-10,12-13H2,1H3,(H,20,21). The minimum absolute atomic E-state index is 0.580. The van der Waals surface area contributed by atoms with Crippen LogP contribution in [0.4, 0.5) is 0 Å². The minimum atomic E-state index is -0.637. The Balaban J connectivity index is 2.04. The lowest BCUT2D eigenvalue weighted by atomic mass is 9.80. The summed E-state index contributed by atoms with van der Waals surface area (Å²) in [7, 11) is 2.00. The minimum Gasteiger partial charge on any atom is -0.481 e. The number of halogens is 1. The molecule has 1 aliphatic carbocycles. The summed E-state index contributed by atoms with van der Waals surface area (Å²) in [6.45, 7) is 1.34. The average Bonchev–Trinajstić information content (AvgIpc) is 2.65. The van der Waals surface area contributed by atoms with Crippen molar-refractivity contribution >= 4 is 17.6 Å². The van der Waals surface area contributed by atoms with Crippen LogP contribution in [0.1, 0.15) is 44.1 Å². The maximum Gasteiger partial charge on any atom is 0.310 e. The van der Waals surface area contributed by atoms with Gasteiger partial charge in [0.05, 0.1) is 5.41 Å². The van der Waals surface area contributed by atoms with Crippen molar-refractivity contribution in [3.63, 3.8) is 0 Å². The van der Waals surface area contributed by atoms with Crippen molar-refractivity contribution in [1.82, 2.24) is 4.90 Å². The molecule has 0 heterocycles. The summed E-state index contributed by atoms with van der Waals surface area (Å²) in [5.41, 5.74) is 0.545. The smallest absolute Gasteiger partial charge is 0.310 e. The molecule has 1 aromatic carbocycles. The fourth-order valence-corrected chi connectivity index (χ4v) is 3.58. The van der Waals surface area contributed by atoms with E-state index in [1.807, 2.05) is 31.3 Å². The Bertz CT molecular complexity index is 481. The van der Waals surface area contributed by atoms with Gasteiger partial charge in [-0.3, -0.25) is 4.79 Å². The van der Waals surface area contributed by atoms with Gasteiger partial charge in [-0.1, -0.05) is 49.4 Å². The third-order valence-corrected chi connectivity index (χ3v) is 4.66. The zero-order valence-corrected chi connectivity index (χ0v) is 13.4. The molecule has 2 rings (SSSR count). The molecule has 0 saturated heterocycles. The Hall–Kier alpha value is -1.06. The highest BCUT2D eigenvalue weighted by Gasteiger charge is 2.39. The number of nitrogens with zero attached hydrogens (tertiary/aromatic N) is 1. The monoisotopic (exact) mass is 309 g/mol. The highest BCUT2D eigenvalue weighted by atomic mass is 35.5. The highest BCUT2D eigenvalue weighted by Crippen LogP contribution is 2.36. The van der Waals surface area contributed by atoms with Crippen LogP contribution in [-0.4, -0.2) is 29.6 Å². The SMILES string of the molecule is CN(Cc1cccc(Cl)c1)CC1(C(=O)O)CCCCCC1. The van der Waals surface area contributed by atoms with Crippen molar-refractivity contribution in [2.45, 2.75) is 45.1 Å². The largest absolute Gasteiger partial charge is 0.481 e. The number of aliphatic carboxylic acids is 1. The van der Waals surface area contributed by atoms with Crippen molar-refractivity contribution in [2.75, 3.05) is 13.6 Å². The third-order valence-electron chi connectivity index (χ3n) is 4.43.